The van der Waals surface area contributed by atoms with Gasteiger partial charge in [0.1, 0.15) is 15.8 Å². The molecule has 1 atom stereocenters. The topological polar surface area (TPSA) is 17.1 Å². The van der Waals surface area contributed by atoms with Crippen molar-refractivity contribution < 1.29 is 4.21 Å². The summed E-state index contributed by atoms with van der Waals surface area (Å²) in [5, 5.41) is 0. The maximum absolute atomic E-state index is 13.5. The van der Waals surface area contributed by atoms with E-state index in [9.17, 15) is 4.21 Å². The Balaban J connectivity index is 1.76. The molecule has 1 aliphatic rings. The smallest absolute Gasteiger partial charge is 0.183 e. The molecule has 1 nitrogen and oxygen atoms in total. The average molecular weight is 414 g/mol. The molecule has 0 aromatic heterocycles. The first kappa shape index (κ1) is 18.4. The van der Waals surface area contributed by atoms with E-state index >= 15 is 0 Å². The van der Waals surface area contributed by atoms with E-state index in [0.717, 1.165) is 25.8 Å². The van der Waals surface area contributed by atoms with E-state index in [1.54, 1.807) is 0 Å². The predicted octanol–water partition coefficient (Wildman–Crippen LogP) is 6.55. The molecule has 0 amide bonds. The van der Waals surface area contributed by atoms with Gasteiger partial charge in [0.05, 0.1) is 15.7 Å². The van der Waals surface area contributed by atoms with E-state index < -0.39 is 10.8 Å². The van der Waals surface area contributed by atoms with Gasteiger partial charge in [-0.25, -0.2) is 4.21 Å². The van der Waals surface area contributed by atoms with Gasteiger partial charge in [0.25, 0.3) is 0 Å². The SMILES string of the molecule is Cc1ccc([S+](c2ccc(C)cc2)c2cccc3c2S(=O)c2ccccc2-3)cc1. The van der Waals surface area contributed by atoms with Gasteiger partial charge in [-0.05, 0) is 55.8 Å². The molecule has 0 saturated heterocycles. The molecule has 0 N–H and O–H groups in total. The molecule has 5 rings (SSSR count). The van der Waals surface area contributed by atoms with Gasteiger partial charge in [0, 0.05) is 5.56 Å². The second-order valence-electron chi connectivity index (χ2n) is 7.33. The van der Waals surface area contributed by atoms with Gasteiger partial charge in [-0.1, -0.05) is 65.7 Å². The Bertz CT molecular complexity index is 1180. The normalized spacial score (nSPS) is 14.7. The maximum Gasteiger partial charge on any atom is 0.183 e. The summed E-state index contributed by atoms with van der Waals surface area (Å²) in [4.78, 5) is 5.55. The molecule has 0 saturated carbocycles. The van der Waals surface area contributed by atoms with Crippen LogP contribution in [-0.2, 0) is 21.7 Å². The number of rotatable bonds is 3. The minimum absolute atomic E-state index is 0.315. The highest BCUT2D eigenvalue weighted by Gasteiger charge is 2.38. The van der Waals surface area contributed by atoms with E-state index in [-0.39, 0.29) is 10.9 Å². The Labute approximate surface area is 177 Å². The van der Waals surface area contributed by atoms with E-state index in [0.29, 0.717) is 0 Å². The van der Waals surface area contributed by atoms with Crippen molar-refractivity contribution in [2.45, 2.75) is 38.3 Å². The molecule has 0 spiro atoms. The van der Waals surface area contributed by atoms with Crippen LogP contribution in [0.2, 0.25) is 0 Å². The van der Waals surface area contributed by atoms with Gasteiger partial charge in [-0.2, -0.15) is 0 Å². The lowest BCUT2D eigenvalue weighted by Crippen LogP contribution is -2.08. The summed E-state index contributed by atoms with van der Waals surface area (Å²) in [6, 6.07) is 31.9. The number of hydrogen-bond acceptors (Lipinski definition) is 1. The zero-order valence-corrected chi connectivity index (χ0v) is 18.0. The van der Waals surface area contributed by atoms with E-state index in [2.05, 4.69) is 86.6 Å². The van der Waals surface area contributed by atoms with Crippen molar-refractivity contribution >= 4 is 21.7 Å². The van der Waals surface area contributed by atoms with Crippen molar-refractivity contribution in [2.75, 3.05) is 0 Å². The molecule has 1 unspecified atom stereocenters. The van der Waals surface area contributed by atoms with E-state index in [1.165, 1.54) is 20.9 Å². The summed E-state index contributed by atoms with van der Waals surface area (Å²) in [5.41, 5.74) is 4.69. The molecular formula is C26H21OS2+. The zero-order valence-electron chi connectivity index (χ0n) is 16.4. The predicted molar refractivity (Wildman–Crippen MR) is 121 cm³/mol. The van der Waals surface area contributed by atoms with E-state index in [1.807, 2.05) is 18.2 Å². The summed E-state index contributed by atoms with van der Waals surface area (Å²) in [6.07, 6.45) is 0. The van der Waals surface area contributed by atoms with Crippen LogP contribution in [0.25, 0.3) is 11.1 Å². The van der Waals surface area contributed by atoms with Gasteiger partial charge in [-0.15, -0.1) is 0 Å². The minimum atomic E-state index is -1.15. The Hall–Kier alpha value is -2.62. The van der Waals surface area contributed by atoms with Crippen LogP contribution in [-0.4, -0.2) is 4.21 Å². The number of hydrogen-bond donors (Lipinski definition) is 0. The third kappa shape index (κ3) is 3.15. The van der Waals surface area contributed by atoms with Gasteiger partial charge in [0.2, 0.25) is 0 Å². The third-order valence-electron chi connectivity index (χ3n) is 5.27. The number of fused-ring (bicyclic) bond motifs is 3. The quantitative estimate of drug-likeness (QED) is 0.307. The lowest BCUT2D eigenvalue weighted by atomic mass is 10.1. The highest BCUT2D eigenvalue weighted by molar-refractivity contribution is 7.97. The van der Waals surface area contributed by atoms with Gasteiger partial charge < -0.3 is 0 Å². The van der Waals surface area contributed by atoms with Crippen molar-refractivity contribution in [3.8, 4) is 11.1 Å². The van der Waals surface area contributed by atoms with Crippen LogP contribution in [0.5, 0.6) is 0 Å². The Morgan fingerprint density at radius 2 is 1.17 bits per heavy atom. The number of aryl methyl sites for hydroxylation is 2. The fourth-order valence-corrected chi connectivity index (χ4v) is 7.79. The molecule has 4 aromatic carbocycles. The Morgan fingerprint density at radius 3 is 1.79 bits per heavy atom. The van der Waals surface area contributed by atoms with Crippen molar-refractivity contribution in [2.24, 2.45) is 0 Å². The Kier molecular flexibility index (Phi) is 4.65. The van der Waals surface area contributed by atoms with Crippen LogP contribution in [0.15, 0.2) is 115 Å². The molecule has 29 heavy (non-hydrogen) atoms. The van der Waals surface area contributed by atoms with Crippen LogP contribution in [0.4, 0.5) is 0 Å². The molecule has 142 valence electrons. The average Bonchev–Trinajstić information content (AvgIpc) is 3.04. The van der Waals surface area contributed by atoms with Crippen LogP contribution in [0, 0.1) is 13.8 Å². The van der Waals surface area contributed by atoms with Crippen molar-refractivity contribution in [1.82, 2.24) is 0 Å². The summed E-state index contributed by atoms with van der Waals surface area (Å²) in [5.74, 6) is 0. The first-order valence-electron chi connectivity index (χ1n) is 9.65. The van der Waals surface area contributed by atoms with Crippen LogP contribution in [0.1, 0.15) is 11.1 Å². The lowest BCUT2D eigenvalue weighted by Gasteiger charge is -2.11. The first-order valence-corrected chi connectivity index (χ1v) is 12.0. The summed E-state index contributed by atoms with van der Waals surface area (Å²) in [6.45, 7) is 4.22. The highest BCUT2D eigenvalue weighted by atomic mass is 32.2. The van der Waals surface area contributed by atoms with Crippen molar-refractivity contribution in [3.63, 3.8) is 0 Å². The molecule has 0 radical (unpaired) electrons. The van der Waals surface area contributed by atoms with Gasteiger partial charge in [0.15, 0.2) is 14.7 Å². The molecule has 0 aliphatic carbocycles. The standard InChI is InChI=1S/C26H21OS2/c1-18-10-14-20(15-11-18)28(21-16-12-19(2)13-17-21)25-9-5-7-23-22-6-3-4-8-24(22)29(27)26(23)25/h3-17H,1-2H3/q+1. The van der Waals surface area contributed by atoms with Crippen LogP contribution < -0.4 is 0 Å². The summed E-state index contributed by atoms with van der Waals surface area (Å²) in [7, 11) is -1.47. The maximum atomic E-state index is 13.5. The molecule has 1 heterocycles. The van der Waals surface area contributed by atoms with Crippen molar-refractivity contribution in [1.29, 1.82) is 0 Å². The van der Waals surface area contributed by atoms with Crippen molar-refractivity contribution in [3.05, 3.63) is 102 Å². The minimum Gasteiger partial charge on any atom is -0.249 e. The molecule has 1 aliphatic heterocycles. The molecule has 0 bridgehead atoms. The second-order valence-corrected chi connectivity index (χ2v) is 10.7. The summed E-state index contributed by atoms with van der Waals surface area (Å²) >= 11 is 0. The molecule has 4 aromatic rings. The van der Waals surface area contributed by atoms with Crippen LogP contribution >= 0.6 is 0 Å². The fourth-order valence-electron chi connectivity index (χ4n) is 3.78. The Morgan fingerprint density at radius 1 is 0.621 bits per heavy atom. The van der Waals surface area contributed by atoms with E-state index in [4.69, 9.17) is 0 Å². The monoisotopic (exact) mass is 413 g/mol. The van der Waals surface area contributed by atoms with Gasteiger partial charge >= 0.3 is 0 Å². The van der Waals surface area contributed by atoms with Gasteiger partial charge in [-0.3, -0.25) is 0 Å². The largest absolute Gasteiger partial charge is 0.249 e. The fraction of sp³-hybridized carbons (Fsp3) is 0.0769. The summed E-state index contributed by atoms with van der Waals surface area (Å²) < 4.78 is 13.5. The molecule has 0 fully saturated rings. The zero-order chi connectivity index (χ0) is 20.0. The first-order chi connectivity index (χ1) is 14.1. The van der Waals surface area contributed by atoms with Crippen LogP contribution in [0.3, 0.4) is 0 Å². The number of benzene rings is 4. The molecule has 3 heteroatoms. The molecular weight excluding hydrogens is 392 g/mol. The highest BCUT2D eigenvalue weighted by Crippen LogP contribution is 2.46. The third-order valence-corrected chi connectivity index (χ3v) is 9.24. The second kappa shape index (κ2) is 7.33. The lowest BCUT2D eigenvalue weighted by molar-refractivity contribution is 0.683.